The van der Waals surface area contributed by atoms with Crippen molar-refractivity contribution in [1.29, 1.82) is 0 Å². The summed E-state index contributed by atoms with van der Waals surface area (Å²) in [5.74, 6) is 8.23. The van der Waals surface area contributed by atoms with Crippen molar-refractivity contribution in [2.45, 2.75) is 30.7 Å². The third kappa shape index (κ3) is 5.60. The molecule has 5 N–H and O–H groups in total. The zero-order valence-corrected chi connectivity index (χ0v) is 19.5. The number of hydrazine groups is 1. The van der Waals surface area contributed by atoms with Crippen molar-refractivity contribution in [1.82, 2.24) is 19.6 Å². The summed E-state index contributed by atoms with van der Waals surface area (Å²) in [6.45, 7) is 2.73. The fourth-order valence-electron chi connectivity index (χ4n) is 3.77. The average molecular weight is 473 g/mol. The standard InChI is InChI=1S/C23H25FN4O2S.H4N2/c1-16-15-18(5-8-21(16)24)22-9-12-26-23(27-22)17-3-6-20(7-4-17)31(29,30)28-13-10-19(25-2)11-14-28;1-2/h3-9,12,15,19,25H,10-11,13-14H2,1-2H3;1-2H2. The molecule has 1 aliphatic heterocycles. The van der Waals surface area contributed by atoms with E-state index in [2.05, 4.69) is 27.0 Å². The van der Waals surface area contributed by atoms with Gasteiger partial charge in [0.05, 0.1) is 10.6 Å². The minimum atomic E-state index is -3.52. The quantitative estimate of drug-likeness (QED) is 0.384. The normalized spacial score (nSPS) is 15.1. The first-order valence-electron chi connectivity index (χ1n) is 10.6. The van der Waals surface area contributed by atoms with Crippen molar-refractivity contribution in [3.05, 3.63) is 66.1 Å². The number of sulfonamides is 1. The van der Waals surface area contributed by atoms with E-state index in [9.17, 15) is 12.8 Å². The molecule has 0 amide bonds. The van der Waals surface area contributed by atoms with Gasteiger partial charge < -0.3 is 5.32 Å². The first-order valence-corrected chi connectivity index (χ1v) is 12.0. The molecule has 1 saturated heterocycles. The highest BCUT2D eigenvalue weighted by Crippen LogP contribution is 2.25. The number of nitrogens with one attached hydrogen (secondary N) is 1. The van der Waals surface area contributed by atoms with E-state index in [1.54, 1.807) is 59.9 Å². The van der Waals surface area contributed by atoms with Crippen LogP contribution in [0.25, 0.3) is 22.6 Å². The second kappa shape index (κ2) is 10.9. The van der Waals surface area contributed by atoms with Gasteiger partial charge >= 0.3 is 0 Å². The summed E-state index contributed by atoms with van der Waals surface area (Å²) in [4.78, 5) is 9.17. The molecule has 2 heterocycles. The van der Waals surface area contributed by atoms with Gasteiger partial charge in [-0.2, -0.15) is 4.31 Å². The number of aromatic nitrogens is 2. The van der Waals surface area contributed by atoms with Crippen molar-refractivity contribution in [2.75, 3.05) is 20.1 Å². The largest absolute Gasteiger partial charge is 0.317 e. The molecule has 4 rings (SSSR count). The van der Waals surface area contributed by atoms with E-state index in [-0.39, 0.29) is 10.7 Å². The predicted octanol–water partition coefficient (Wildman–Crippen LogP) is 2.45. The van der Waals surface area contributed by atoms with Crippen molar-refractivity contribution in [3.63, 3.8) is 0 Å². The summed E-state index contributed by atoms with van der Waals surface area (Å²) >= 11 is 0. The number of nitrogens with zero attached hydrogens (tertiary/aromatic N) is 3. The molecule has 1 fully saturated rings. The number of hydrogen-bond donors (Lipinski definition) is 3. The number of aryl methyl sites for hydroxylation is 1. The lowest BCUT2D eigenvalue weighted by molar-refractivity contribution is 0.298. The summed E-state index contributed by atoms with van der Waals surface area (Å²) in [6.07, 6.45) is 3.25. The molecule has 0 bridgehead atoms. The Morgan fingerprint density at radius 1 is 1.03 bits per heavy atom. The number of piperidine rings is 1. The molecule has 0 saturated carbocycles. The average Bonchev–Trinajstić information content (AvgIpc) is 2.87. The first kappa shape index (κ1) is 24.9. The summed E-state index contributed by atoms with van der Waals surface area (Å²) < 4.78 is 41.1. The third-order valence-corrected chi connectivity index (χ3v) is 7.63. The second-order valence-corrected chi connectivity index (χ2v) is 9.66. The van der Waals surface area contributed by atoms with Crippen LogP contribution in [0, 0.1) is 12.7 Å². The molecule has 10 heteroatoms. The second-order valence-electron chi connectivity index (χ2n) is 7.72. The van der Waals surface area contributed by atoms with E-state index in [0.717, 1.165) is 18.4 Å². The van der Waals surface area contributed by atoms with E-state index in [1.807, 2.05) is 7.05 Å². The van der Waals surface area contributed by atoms with Crippen LogP contribution in [0.15, 0.2) is 59.6 Å². The maximum atomic E-state index is 13.6. The smallest absolute Gasteiger partial charge is 0.243 e. The van der Waals surface area contributed by atoms with Gasteiger partial charge in [0.25, 0.3) is 0 Å². The van der Waals surface area contributed by atoms with Crippen molar-refractivity contribution in [3.8, 4) is 22.6 Å². The molecule has 8 nitrogen and oxygen atoms in total. The van der Waals surface area contributed by atoms with Crippen LogP contribution < -0.4 is 17.0 Å². The van der Waals surface area contributed by atoms with E-state index >= 15 is 0 Å². The van der Waals surface area contributed by atoms with Gasteiger partial charge in [0.2, 0.25) is 10.0 Å². The van der Waals surface area contributed by atoms with Gasteiger partial charge in [-0.15, -0.1) is 0 Å². The fraction of sp³-hybridized carbons (Fsp3) is 0.304. The molecule has 0 aliphatic carbocycles. The topological polar surface area (TPSA) is 127 Å². The molecule has 0 spiro atoms. The Bertz CT molecular complexity index is 1180. The highest BCUT2D eigenvalue weighted by molar-refractivity contribution is 7.89. The van der Waals surface area contributed by atoms with Crippen molar-refractivity contribution < 1.29 is 12.8 Å². The minimum absolute atomic E-state index is 0.259. The van der Waals surface area contributed by atoms with Crippen LogP contribution in [-0.4, -0.2) is 48.9 Å². The van der Waals surface area contributed by atoms with Crippen LogP contribution in [0.5, 0.6) is 0 Å². The minimum Gasteiger partial charge on any atom is -0.317 e. The number of hydrogen-bond acceptors (Lipinski definition) is 7. The van der Waals surface area contributed by atoms with Gasteiger partial charge in [-0.1, -0.05) is 0 Å². The van der Waals surface area contributed by atoms with Crippen LogP contribution in [0.4, 0.5) is 4.39 Å². The molecular formula is C23H29FN6O2S. The fourth-order valence-corrected chi connectivity index (χ4v) is 5.24. The lowest BCUT2D eigenvalue weighted by atomic mass is 10.1. The molecule has 2 aromatic carbocycles. The predicted molar refractivity (Wildman–Crippen MR) is 127 cm³/mol. The van der Waals surface area contributed by atoms with E-state index in [0.29, 0.717) is 41.8 Å². The highest BCUT2D eigenvalue weighted by atomic mass is 32.2. The van der Waals surface area contributed by atoms with Gasteiger partial charge in [-0.05, 0) is 80.9 Å². The van der Waals surface area contributed by atoms with E-state index < -0.39 is 10.0 Å². The number of halogens is 1. The van der Waals surface area contributed by atoms with Crippen LogP contribution in [0.2, 0.25) is 0 Å². The Balaban J connectivity index is 0.00000149. The Hall–Kier alpha value is -2.76. The molecule has 1 aromatic heterocycles. The maximum Gasteiger partial charge on any atom is 0.243 e. The molecule has 0 radical (unpaired) electrons. The van der Waals surface area contributed by atoms with Gasteiger partial charge in [-0.25, -0.2) is 22.8 Å². The summed E-state index contributed by atoms with van der Waals surface area (Å²) in [7, 11) is -1.62. The Morgan fingerprint density at radius 2 is 1.67 bits per heavy atom. The SMILES string of the molecule is CNC1CCN(S(=O)(=O)c2ccc(-c3nccc(-c4ccc(F)c(C)c4)n3)cc2)CC1.NN. The summed E-state index contributed by atoms with van der Waals surface area (Å²) in [6, 6.07) is 13.6. The van der Waals surface area contributed by atoms with E-state index in [1.165, 1.54) is 6.07 Å². The van der Waals surface area contributed by atoms with Gasteiger partial charge in [0, 0.05) is 36.5 Å². The Kier molecular flexibility index (Phi) is 8.22. The lowest BCUT2D eigenvalue weighted by Crippen LogP contribution is -2.43. The number of benzene rings is 2. The Morgan fingerprint density at radius 3 is 2.27 bits per heavy atom. The van der Waals surface area contributed by atoms with Crippen LogP contribution in [0.1, 0.15) is 18.4 Å². The molecule has 1 aliphatic rings. The third-order valence-electron chi connectivity index (χ3n) is 5.72. The van der Waals surface area contributed by atoms with Crippen molar-refractivity contribution in [2.24, 2.45) is 11.7 Å². The summed E-state index contributed by atoms with van der Waals surface area (Å²) in [5.41, 5.74) is 2.74. The first-order chi connectivity index (χ1) is 15.9. The maximum absolute atomic E-state index is 13.6. The summed E-state index contributed by atoms with van der Waals surface area (Å²) in [5, 5.41) is 3.21. The van der Waals surface area contributed by atoms with Gasteiger partial charge in [-0.3, -0.25) is 11.7 Å². The van der Waals surface area contributed by atoms with Gasteiger partial charge in [0.1, 0.15) is 5.82 Å². The molecule has 0 atom stereocenters. The molecule has 3 aromatic rings. The molecule has 176 valence electrons. The highest BCUT2D eigenvalue weighted by Gasteiger charge is 2.28. The molecular weight excluding hydrogens is 443 g/mol. The van der Waals surface area contributed by atoms with Gasteiger partial charge in [0.15, 0.2) is 5.82 Å². The number of rotatable bonds is 5. The number of nitrogens with two attached hydrogens (primary N) is 2. The van der Waals surface area contributed by atoms with Crippen molar-refractivity contribution >= 4 is 10.0 Å². The monoisotopic (exact) mass is 472 g/mol. The van der Waals surface area contributed by atoms with Crippen LogP contribution in [-0.2, 0) is 10.0 Å². The zero-order valence-electron chi connectivity index (χ0n) is 18.7. The van der Waals surface area contributed by atoms with Crippen LogP contribution in [0.3, 0.4) is 0 Å². The lowest BCUT2D eigenvalue weighted by Gasteiger charge is -2.31. The zero-order chi connectivity index (χ0) is 24.0. The molecule has 33 heavy (non-hydrogen) atoms. The molecule has 0 unspecified atom stereocenters. The van der Waals surface area contributed by atoms with Crippen LogP contribution >= 0.6 is 0 Å². The Labute approximate surface area is 193 Å². The van der Waals surface area contributed by atoms with E-state index in [4.69, 9.17) is 0 Å².